The van der Waals surface area contributed by atoms with E-state index in [0.717, 1.165) is 29.2 Å². The van der Waals surface area contributed by atoms with Crippen LogP contribution < -0.4 is 9.47 Å². The first kappa shape index (κ1) is 20.9. The molecule has 0 unspecified atom stereocenters. The zero-order valence-electron chi connectivity index (χ0n) is 17.1. The van der Waals surface area contributed by atoms with Gasteiger partial charge in [-0.25, -0.2) is 0 Å². The fourth-order valence-corrected chi connectivity index (χ4v) is 4.03. The van der Waals surface area contributed by atoms with Gasteiger partial charge in [0.1, 0.15) is 29.8 Å². The molecule has 0 aromatic heterocycles. The van der Waals surface area contributed by atoms with Gasteiger partial charge in [-0.1, -0.05) is 37.3 Å². The fourth-order valence-electron chi connectivity index (χ4n) is 3.04. The number of rotatable bonds is 8. The lowest BCUT2D eigenvalue weighted by molar-refractivity contribution is -0.114. The summed E-state index contributed by atoms with van der Waals surface area (Å²) < 4.78 is 11.4. The average molecular weight is 435 g/mol. The van der Waals surface area contributed by atoms with Crippen molar-refractivity contribution in [3.63, 3.8) is 0 Å². The van der Waals surface area contributed by atoms with Crippen LogP contribution in [-0.4, -0.2) is 40.2 Å². The molecule has 2 aliphatic rings. The van der Waals surface area contributed by atoms with E-state index in [2.05, 4.69) is 17.0 Å². The minimum atomic E-state index is -0.431. The Bertz CT molecular complexity index is 1080. The fraction of sp³-hybridized carbons (Fsp3) is 0.217. The van der Waals surface area contributed by atoms with E-state index in [-0.39, 0.29) is 11.4 Å². The summed E-state index contributed by atoms with van der Waals surface area (Å²) in [6, 6.07) is 16.9. The molecule has 2 heterocycles. The molecule has 0 saturated carbocycles. The Morgan fingerprint density at radius 3 is 2.58 bits per heavy atom. The van der Waals surface area contributed by atoms with Crippen molar-refractivity contribution in [2.45, 2.75) is 19.8 Å². The number of amidine groups is 2. The van der Waals surface area contributed by atoms with Crippen LogP contribution in [0.2, 0.25) is 0 Å². The maximum Gasteiger partial charge on any atom is 0.283 e. The number of hydrogen-bond acceptors (Lipinski definition) is 6. The number of ether oxygens (including phenoxy) is 2. The second-order valence-corrected chi connectivity index (χ2v) is 7.89. The molecule has 2 aliphatic heterocycles. The molecule has 8 heteroatoms. The zero-order chi connectivity index (χ0) is 21.6. The van der Waals surface area contributed by atoms with E-state index in [0.29, 0.717) is 24.1 Å². The van der Waals surface area contributed by atoms with Crippen molar-refractivity contribution >= 4 is 39.8 Å². The quantitative estimate of drug-likeness (QED) is 0.486. The van der Waals surface area contributed by atoms with Gasteiger partial charge in [0.25, 0.3) is 5.91 Å². The van der Waals surface area contributed by atoms with E-state index in [4.69, 9.17) is 14.9 Å². The molecule has 0 radical (unpaired) electrons. The summed E-state index contributed by atoms with van der Waals surface area (Å²) in [5, 5.41) is 15.6. The maximum absolute atomic E-state index is 12.5. The molecular weight excluding hydrogens is 412 g/mol. The molecule has 2 aromatic rings. The van der Waals surface area contributed by atoms with Crippen molar-refractivity contribution in [2.24, 2.45) is 10.1 Å². The number of nitrogens with one attached hydrogen (secondary N) is 1. The molecule has 7 nitrogen and oxygen atoms in total. The molecule has 0 atom stereocenters. The molecule has 0 saturated heterocycles. The first-order chi connectivity index (χ1) is 15.1. The molecule has 158 valence electrons. The monoisotopic (exact) mass is 434 g/mol. The van der Waals surface area contributed by atoms with Gasteiger partial charge in [0, 0.05) is 0 Å². The number of carbonyl (C=O) groups is 1. The summed E-state index contributed by atoms with van der Waals surface area (Å²) in [6.45, 7) is 2.87. The Hall–Kier alpha value is -3.39. The van der Waals surface area contributed by atoms with E-state index in [1.54, 1.807) is 6.08 Å². The Kier molecular flexibility index (Phi) is 6.47. The van der Waals surface area contributed by atoms with Crippen LogP contribution in [0, 0.1) is 5.41 Å². The number of amides is 1. The van der Waals surface area contributed by atoms with Gasteiger partial charge in [0.15, 0.2) is 5.84 Å². The highest BCUT2D eigenvalue weighted by molar-refractivity contribution is 8.26. The molecule has 0 aliphatic carbocycles. The lowest BCUT2D eigenvalue weighted by atomic mass is 10.1. The number of hydrazone groups is 1. The predicted molar refractivity (Wildman–Crippen MR) is 124 cm³/mol. The molecule has 2 aromatic carbocycles. The highest BCUT2D eigenvalue weighted by Gasteiger charge is 2.35. The maximum atomic E-state index is 12.5. The highest BCUT2D eigenvalue weighted by Crippen LogP contribution is 2.30. The van der Waals surface area contributed by atoms with E-state index in [1.165, 1.54) is 16.8 Å². The Morgan fingerprint density at radius 1 is 1.06 bits per heavy atom. The molecule has 1 amide bonds. The second kappa shape index (κ2) is 9.61. The van der Waals surface area contributed by atoms with Crippen LogP contribution in [0.3, 0.4) is 0 Å². The third kappa shape index (κ3) is 5.03. The summed E-state index contributed by atoms with van der Waals surface area (Å²) in [5.41, 5.74) is 0.952. The van der Waals surface area contributed by atoms with Crippen LogP contribution >= 0.6 is 11.8 Å². The van der Waals surface area contributed by atoms with Gasteiger partial charge in [0.05, 0.1) is 5.57 Å². The van der Waals surface area contributed by atoms with Gasteiger partial charge in [-0.2, -0.15) is 15.1 Å². The van der Waals surface area contributed by atoms with E-state index >= 15 is 0 Å². The summed E-state index contributed by atoms with van der Waals surface area (Å²) in [6.07, 6.45) is 3.39. The molecule has 1 N–H and O–H groups in total. The van der Waals surface area contributed by atoms with Crippen LogP contribution in [-0.2, 0) is 4.79 Å². The third-order valence-corrected chi connectivity index (χ3v) is 5.46. The SMILES string of the molecule is CCCC1=NN2C(=N)C(=Cc3cccc(OCCOc4ccccc4)c3)C(=O)N=C2S1. The van der Waals surface area contributed by atoms with Gasteiger partial charge in [-0.15, -0.1) is 0 Å². The number of carbonyl (C=O) groups excluding carboxylic acids is 1. The van der Waals surface area contributed by atoms with Gasteiger partial charge in [0.2, 0.25) is 5.17 Å². The smallest absolute Gasteiger partial charge is 0.283 e. The molecule has 0 bridgehead atoms. The number of para-hydroxylation sites is 1. The normalized spacial score (nSPS) is 16.8. The largest absolute Gasteiger partial charge is 0.490 e. The number of benzene rings is 2. The minimum Gasteiger partial charge on any atom is -0.490 e. The van der Waals surface area contributed by atoms with Crippen molar-refractivity contribution < 1.29 is 14.3 Å². The standard InChI is InChI=1S/C23H22N4O3S/c1-2-7-20-26-27-21(24)19(22(28)25-23(27)31-20)15-16-8-6-11-18(14-16)30-13-12-29-17-9-4-3-5-10-17/h3-6,8-11,14-15,24H,2,7,12-13H2,1H3. The van der Waals surface area contributed by atoms with Gasteiger partial charge in [-0.05, 0) is 60.5 Å². The minimum absolute atomic E-state index is 0.0381. The summed E-state index contributed by atoms with van der Waals surface area (Å²) in [4.78, 5) is 16.6. The highest BCUT2D eigenvalue weighted by atomic mass is 32.2. The van der Waals surface area contributed by atoms with Crippen LogP contribution in [0.1, 0.15) is 25.3 Å². The van der Waals surface area contributed by atoms with E-state index in [1.807, 2.05) is 54.6 Å². The molecule has 0 fully saturated rings. The van der Waals surface area contributed by atoms with Gasteiger partial charge in [-0.3, -0.25) is 10.2 Å². The van der Waals surface area contributed by atoms with Crippen LogP contribution in [0.15, 0.2) is 70.3 Å². The first-order valence-corrected chi connectivity index (χ1v) is 10.9. The Balaban J connectivity index is 1.42. The number of thioether (sulfide) groups is 1. The number of aliphatic imine (C=N–C) groups is 1. The summed E-state index contributed by atoms with van der Waals surface area (Å²) in [7, 11) is 0. The van der Waals surface area contributed by atoms with Crippen LogP contribution in [0.25, 0.3) is 6.08 Å². The lowest BCUT2D eigenvalue weighted by Crippen LogP contribution is -2.35. The van der Waals surface area contributed by atoms with Crippen molar-refractivity contribution in [1.82, 2.24) is 5.01 Å². The van der Waals surface area contributed by atoms with Crippen LogP contribution in [0.5, 0.6) is 11.5 Å². The van der Waals surface area contributed by atoms with Gasteiger partial charge < -0.3 is 9.47 Å². The lowest BCUT2D eigenvalue weighted by Gasteiger charge is -2.20. The summed E-state index contributed by atoms with van der Waals surface area (Å²) in [5.74, 6) is 1.06. The van der Waals surface area contributed by atoms with Crippen molar-refractivity contribution in [3.05, 3.63) is 65.7 Å². The van der Waals surface area contributed by atoms with E-state index in [9.17, 15) is 4.79 Å². The Morgan fingerprint density at radius 2 is 1.81 bits per heavy atom. The first-order valence-electron chi connectivity index (χ1n) is 10.0. The van der Waals surface area contributed by atoms with Gasteiger partial charge >= 0.3 is 0 Å². The van der Waals surface area contributed by atoms with Crippen molar-refractivity contribution in [3.8, 4) is 11.5 Å². The molecule has 0 spiro atoms. The molecule has 31 heavy (non-hydrogen) atoms. The molecule has 4 rings (SSSR count). The van der Waals surface area contributed by atoms with Crippen molar-refractivity contribution in [1.29, 1.82) is 5.41 Å². The Labute approximate surface area is 185 Å². The number of hydrogen-bond donors (Lipinski definition) is 1. The topological polar surface area (TPSA) is 87.3 Å². The molecular formula is C23H22N4O3S. The number of fused-ring (bicyclic) bond motifs is 1. The third-order valence-electron chi connectivity index (χ3n) is 4.49. The van der Waals surface area contributed by atoms with E-state index < -0.39 is 5.91 Å². The summed E-state index contributed by atoms with van der Waals surface area (Å²) >= 11 is 1.35. The number of nitrogens with zero attached hydrogens (tertiary/aromatic N) is 3. The zero-order valence-corrected chi connectivity index (χ0v) is 17.9. The van der Waals surface area contributed by atoms with Crippen molar-refractivity contribution in [2.75, 3.05) is 13.2 Å². The average Bonchev–Trinajstić information content (AvgIpc) is 3.18. The van der Waals surface area contributed by atoms with Crippen LogP contribution in [0.4, 0.5) is 0 Å². The second-order valence-electron chi connectivity index (χ2n) is 6.85. The predicted octanol–water partition coefficient (Wildman–Crippen LogP) is 4.56.